The van der Waals surface area contributed by atoms with Crippen LogP contribution in [0.2, 0.25) is 0 Å². The van der Waals surface area contributed by atoms with E-state index >= 15 is 0 Å². The molecule has 1 aromatic rings. The van der Waals surface area contributed by atoms with Gasteiger partial charge in [-0.3, -0.25) is 19.3 Å². The molecule has 0 aliphatic carbocycles. The zero-order chi connectivity index (χ0) is 21.0. The normalized spacial score (nSPS) is 17.8. The minimum atomic E-state index is -0.480. The van der Waals surface area contributed by atoms with Crippen LogP contribution in [0.25, 0.3) is 6.08 Å². The van der Waals surface area contributed by atoms with Gasteiger partial charge in [0.2, 0.25) is 5.91 Å². The fraction of sp³-hybridized carbons (Fsp3) is 0.350. The number of likely N-dealkylation sites (tertiary alicyclic amines) is 1. The highest BCUT2D eigenvalue weighted by Gasteiger charge is 2.37. The number of ether oxygens (including phenoxy) is 2. The molecule has 0 unspecified atom stereocenters. The van der Waals surface area contributed by atoms with E-state index in [9.17, 15) is 14.4 Å². The Labute approximate surface area is 181 Å². The first-order chi connectivity index (χ1) is 13.9. The van der Waals surface area contributed by atoms with Crippen molar-refractivity contribution in [2.45, 2.75) is 12.8 Å². The molecule has 1 aromatic carbocycles. The maximum atomic E-state index is 12.7. The molecule has 152 valence electrons. The van der Waals surface area contributed by atoms with Gasteiger partial charge in [0.1, 0.15) is 13.2 Å². The number of rotatable bonds is 6. The third-order valence-electron chi connectivity index (χ3n) is 4.51. The van der Waals surface area contributed by atoms with Crippen molar-refractivity contribution >= 4 is 50.8 Å². The first-order valence-electron chi connectivity index (χ1n) is 8.91. The van der Waals surface area contributed by atoms with Crippen LogP contribution in [0.4, 0.5) is 4.79 Å². The van der Waals surface area contributed by atoms with Crippen molar-refractivity contribution in [1.82, 2.24) is 9.80 Å². The molecule has 0 N–H and O–H groups in total. The highest BCUT2D eigenvalue weighted by molar-refractivity contribution is 9.10. The SMILES string of the molecule is C#CCOc1cc(Br)c(/C=C2/SC(=O)N(CC(=O)N3CCCC3)C2=O)cc1OC. The number of nitrogens with zero attached hydrogens (tertiary/aromatic N) is 2. The zero-order valence-corrected chi connectivity index (χ0v) is 18.2. The van der Waals surface area contributed by atoms with Gasteiger partial charge < -0.3 is 14.4 Å². The fourth-order valence-corrected chi connectivity index (χ4v) is 4.30. The number of methoxy groups -OCH3 is 1. The molecule has 0 bridgehead atoms. The Hall–Kier alpha value is -2.44. The highest BCUT2D eigenvalue weighted by Crippen LogP contribution is 2.38. The summed E-state index contributed by atoms with van der Waals surface area (Å²) in [5.41, 5.74) is 0.631. The lowest BCUT2D eigenvalue weighted by Gasteiger charge is -2.18. The number of halogens is 1. The van der Waals surface area contributed by atoms with Crippen molar-refractivity contribution in [2.75, 3.05) is 33.4 Å². The molecule has 2 aliphatic heterocycles. The number of thioether (sulfide) groups is 1. The van der Waals surface area contributed by atoms with Crippen molar-refractivity contribution in [3.8, 4) is 23.8 Å². The second-order valence-corrected chi connectivity index (χ2v) is 8.22. The summed E-state index contributed by atoms with van der Waals surface area (Å²) in [6, 6.07) is 3.36. The lowest BCUT2D eigenvalue weighted by atomic mass is 10.2. The molecule has 0 aromatic heterocycles. The van der Waals surface area contributed by atoms with Crippen LogP contribution in [0, 0.1) is 12.3 Å². The van der Waals surface area contributed by atoms with E-state index < -0.39 is 11.1 Å². The molecule has 9 heteroatoms. The third kappa shape index (κ3) is 4.77. The van der Waals surface area contributed by atoms with Gasteiger partial charge in [-0.15, -0.1) is 6.42 Å². The van der Waals surface area contributed by atoms with E-state index in [1.807, 2.05) is 0 Å². The molecule has 3 rings (SSSR count). The summed E-state index contributed by atoms with van der Waals surface area (Å²) in [6.07, 6.45) is 8.70. The van der Waals surface area contributed by atoms with Gasteiger partial charge in [0.25, 0.3) is 11.1 Å². The Morgan fingerprint density at radius 2 is 2.03 bits per heavy atom. The molecule has 0 saturated carbocycles. The Balaban J connectivity index is 1.80. The summed E-state index contributed by atoms with van der Waals surface area (Å²) < 4.78 is 11.4. The molecule has 0 atom stereocenters. The lowest BCUT2D eigenvalue weighted by molar-refractivity contribution is -0.135. The van der Waals surface area contributed by atoms with Crippen molar-refractivity contribution in [3.05, 3.63) is 27.1 Å². The van der Waals surface area contributed by atoms with Crippen LogP contribution < -0.4 is 9.47 Å². The number of hydrogen-bond donors (Lipinski definition) is 0. The summed E-state index contributed by atoms with van der Waals surface area (Å²) in [5.74, 6) is 2.60. The second kappa shape index (κ2) is 9.37. The third-order valence-corrected chi connectivity index (χ3v) is 6.10. The molecule has 2 saturated heterocycles. The fourth-order valence-electron chi connectivity index (χ4n) is 3.03. The van der Waals surface area contributed by atoms with E-state index in [-0.39, 0.29) is 24.0 Å². The maximum absolute atomic E-state index is 12.7. The Morgan fingerprint density at radius 3 is 2.69 bits per heavy atom. The summed E-state index contributed by atoms with van der Waals surface area (Å²) in [6.45, 7) is 1.20. The van der Waals surface area contributed by atoms with Gasteiger partial charge in [0, 0.05) is 17.6 Å². The molecular weight excluding hydrogens is 460 g/mol. The number of amides is 3. The Morgan fingerprint density at radius 1 is 1.31 bits per heavy atom. The Bertz CT molecular complexity index is 918. The van der Waals surface area contributed by atoms with Crippen molar-refractivity contribution in [3.63, 3.8) is 0 Å². The topological polar surface area (TPSA) is 76.2 Å². The number of benzene rings is 1. The summed E-state index contributed by atoms with van der Waals surface area (Å²) in [7, 11) is 1.49. The van der Waals surface area contributed by atoms with E-state index in [1.165, 1.54) is 7.11 Å². The van der Waals surface area contributed by atoms with Gasteiger partial charge in [-0.2, -0.15) is 0 Å². The summed E-state index contributed by atoms with van der Waals surface area (Å²) in [5, 5.41) is -0.453. The van der Waals surface area contributed by atoms with E-state index in [4.69, 9.17) is 15.9 Å². The lowest BCUT2D eigenvalue weighted by Crippen LogP contribution is -2.40. The van der Waals surface area contributed by atoms with Crippen molar-refractivity contribution < 1.29 is 23.9 Å². The number of hydrogen-bond acceptors (Lipinski definition) is 6. The van der Waals surface area contributed by atoms with Crippen LogP contribution in [-0.4, -0.2) is 60.2 Å². The molecule has 2 heterocycles. The van der Waals surface area contributed by atoms with Gasteiger partial charge in [-0.1, -0.05) is 21.9 Å². The minimum absolute atomic E-state index is 0.0894. The average molecular weight is 479 g/mol. The van der Waals surface area contributed by atoms with Crippen LogP contribution in [0.1, 0.15) is 18.4 Å². The molecule has 0 radical (unpaired) electrons. The van der Waals surface area contributed by atoms with Crippen LogP contribution in [-0.2, 0) is 9.59 Å². The standard InChI is InChI=1S/C20H19BrN2O5S/c1-3-8-28-16-11-14(21)13(9-15(16)27-2)10-17-19(25)23(20(26)29-17)12-18(24)22-6-4-5-7-22/h1,9-11H,4-8,12H2,2H3/b17-10+. The molecule has 0 spiro atoms. The van der Waals surface area contributed by atoms with Gasteiger partial charge >= 0.3 is 0 Å². The molecule has 3 amide bonds. The molecule has 2 aliphatic rings. The predicted molar refractivity (Wildman–Crippen MR) is 114 cm³/mol. The zero-order valence-electron chi connectivity index (χ0n) is 15.8. The maximum Gasteiger partial charge on any atom is 0.294 e. The monoisotopic (exact) mass is 478 g/mol. The molecule has 7 nitrogen and oxygen atoms in total. The van der Waals surface area contributed by atoms with Crippen LogP contribution in [0.5, 0.6) is 11.5 Å². The van der Waals surface area contributed by atoms with Crippen LogP contribution in [0.3, 0.4) is 0 Å². The molecule has 2 fully saturated rings. The Kier molecular flexibility index (Phi) is 6.87. The van der Waals surface area contributed by atoms with E-state index in [2.05, 4.69) is 21.9 Å². The minimum Gasteiger partial charge on any atom is -0.493 e. The van der Waals surface area contributed by atoms with Crippen LogP contribution >= 0.6 is 27.7 Å². The predicted octanol–water partition coefficient (Wildman–Crippen LogP) is 3.13. The number of carbonyl (C=O) groups is 3. The highest BCUT2D eigenvalue weighted by atomic mass is 79.9. The molecular formula is C20H19BrN2O5S. The van der Waals surface area contributed by atoms with Gasteiger partial charge in [0.05, 0.1) is 12.0 Å². The first kappa shape index (κ1) is 21.3. The van der Waals surface area contributed by atoms with Gasteiger partial charge in [0.15, 0.2) is 11.5 Å². The average Bonchev–Trinajstić information content (AvgIpc) is 3.33. The van der Waals surface area contributed by atoms with Gasteiger partial charge in [-0.25, -0.2) is 0 Å². The second-order valence-electron chi connectivity index (χ2n) is 6.37. The quantitative estimate of drug-likeness (QED) is 0.461. The summed E-state index contributed by atoms with van der Waals surface area (Å²) >= 11 is 4.24. The molecule has 29 heavy (non-hydrogen) atoms. The largest absolute Gasteiger partial charge is 0.493 e. The number of imide groups is 1. The van der Waals surface area contributed by atoms with E-state index in [0.717, 1.165) is 29.5 Å². The summed E-state index contributed by atoms with van der Waals surface area (Å²) in [4.78, 5) is 40.2. The first-order valence-corrected chi connectivity index (χ1v) is 10.5. The number of carbonyl (C=O) groups excluding carboxylic acids is 3. The number of terminal acetylenes is 1. The van der Waals surface area contributed by atoms with Crippen molar-refractivity contribution in [2.24, 2.45) is 0 Å². The smallest absolute Gasteiger partial charge is 0.294 e. The van der Waals surface area contributed by atoms with E-state index in [1.54, 1.807) is 23.1 Å². The van der Waals surface area contributed by atoms with Crippen LogP contribution in [0.15, 0.2) is 21.5 Å². The van der Waals surface area contributed by atoms with Gasteiger partial charge in [-0.05, 0) is 48.4 Å². The van der Waals surface area contributed by atoms with E-state index in [0.29, 0.717) is 34.6 Å². The van der Waals surface area contributed by atoms with Crippen molar-refractivity contribution in [1.29, 1.82) is 0 Å².